The average Bonchev–Trinajstić information content (AvgIpc) is 2.42. The van der Waals surface area contributed by atoms with E-state index >= 15 is 0 Å². The molecule has 2 rings (SSSR count). The molecule has 21 heavy (non-hydrogen) atoms. The third-order valence-corrected chi connectivity index (χ3v) is 5.53. The van der Waals surface area contributed by atoms with E-state index in [9.17, 15) is 9.90 Å². The Balaban J connectivity index is 1.92. The van der Waals surface area contributed by atoms with Crippen LogP contribution in [0.4, 0.5) is 0 Å². The highest BCUT2D eigenvalue weighted by atomic mass is 35.5. The molecule has 3 nitrogen and oxygen atoms in total. The van der Waals surface area contributed by atoms with Crippen molar-refractivity contribution in [2.24, 2.45) is 5.92 Å². The maximum Gasteiger partial charge on any atom is 0.321 e. The highest BCUT2D eigenvalue weighted by Gasteiger charge is 2.33. The molecular weight excluding hydrogens is 329 g/mol. The molecule has 116 valence electrons. The number of carboxylic acid groups (broad SMARTS) is 1. The van der Waals surface area contributed by atoms with E-state index in [1.807, 2.05) is 13.0 Å². The summed E-state index contributed by atoms with van der Waals surface area (Å²) in [6.45, 7) is 3.62. The minimum absolute atomic E-state index is 0.205. The first kappa shape index (κ1) is 16.9. The van der Waals surface area contributed by atoms with Crippen molar-refractivity contribution >= 4 is 40.9 Å². The lowest BCUT2D eigenvalue weighted by molar-refractivity contribution is -0.146. The van der Waals surface area contributed by atoms with Crippen LogP contribution in [0.1, 0.15) is 19.8 Å². The summed E-state index contributed by atoms with van der Waals surface area (Å²) >= 11 is 13.7. The van der Waals surface area contributed by atoms with E-state index < -0.39 is 5.97 Å². The molecule has 0 spiro atoms. The lowest BCUT2D eigenvalue weighted by Crippen LogP contribution is -2.49. The number of carbonyl (C=O) groups is 1. The summed E-state index contributed by atoms with van der Waals surface area (Å²) in [6.07, 6.45) is 2.05. The average molecular weight is 348 g/mol. The number of hydrogen-bond acceptors (Lipinski definition) is 3. The van der Waals surface area contributed by atoms with Crippen molar-refractivity contribution in [3.05, 3.63) is 28.2 Å². The van der Waals surface area contributed by atoms with E-state index in [0.717, 1.165) is 36.6 Å². The highest BCUT2D eigenvalue weighted by Crippen LogP contribution is 2.30. The van der Waals surface area contributed by atoms with Crippen molar-refractivity contribution in [2.75, 3.05) is 18.8 Å². The number of thioether (sulfide) groups is 1. The van der Waals surface area contributed by atoms with Gasteiger partial charge in [-0.25, -0.2) is 0 Å². The molecule has 1 aliphatic heterocycles. The Morgan fingerprint density at radius 2 is 2.24 bits per heavy atom. The Kier molecular flexibility index (Phi) is 6.23. The van der Waals surface area contributed by atoms with Crippen LogP contribution in [0.3, 0.4) is 0 Å². The van der Waals surface area contributed by atoms with E-state index in [4.69, 9.17) is 23.2 Å². The molecular formula is C15H19Cl2NO2S. The van der Waals surface area contributed by atoms with Gasteiger partial charge in [0.25, 0.3) is 0 Å². The number of aliphatic carboxylic acids is 1. The van der Waals surface area contributed by atoms with Crippen molar-refractivity contribution in [3.8, 4) is 0 Å². The summed E-state index contributed by atoms with van der Waals surface area (Å²) in [5, 5.41) is 10.7. The second-order valence-electron chi connectivity index (χ2n) is 5.36. The summed E-state index contributed by atoms with van der Waals surface area (Å²) in [5.74, 6) is 0.292. The summed E-state index contributed by atoms with van der Waals surface area (Å²) in [7, 11) is 0. The summed E-state index contributed by atoms with van der Waals surface area (Å²) < 4.78 is 0. The van der Waals surface area contributed by atoms with E-state index in [2.05, 4.69) is 4.90 Å². The van der Waals surface area contributed by atoms with Gasteiger partial charge in [-0.2, -0.15) is 0 Å². The Hall–Kier alpha value is -0.420. The maximum absolute atomic E-state index is 11.4. The quantitative estimate of drug-likeness (QED) is 0.807. The molecule has 0 radical (unpaired) electrons. The number of likely N-dealkylation sites (tertiary alicyclic amines) is 1. The van der Waals surface area contributed by atoms with Crippen LogP contribution in [0.25, 0.3) is 0 Å². The van der Waals surface area contributed by atoms with Gasteiger partial charge < -0.3 is 5.11 Å². The van der Waals surface area contributed by atoms with E-state index in [0.29, 0.717) is 10.0 Å². The van der Waals surface area contributed by atoms with Crippen LogP contribution >= 0.6 is 35.0 Å². The third kappa shape index (κ3) is 4.52. The molecule has 1 heterocycles. The molecule has 0 aliphatic carbocycles. The minimum atomic E-state index is -0.715. The zero-order chi connectivity index (χ0) is 15.4. The van der Waals surface area contributed by atoms with Gasteiger partial charge in [0.15, 0.2) is 0 Å². The molecule has 0 aromatic heterocycles. The molecule has 2 unspecified atom stereocenters. The van der Waals surface area contributed by atoms with Crippen molar-refractivity contribution in [2.45, 2.75) is 30.7 Å². The van der Waals surface area contributed by atoms with Gasteiger partial charge in [0, 0.05) is 22.2 Å². The SMILES string of the molecule is CC1CCCN(CCSc2cc(Cl)ccc2Cl)C1C(=O)O. The van der Waals surface area contributed by atoms with Gasteiger partial charge in [-0.15, -0.1) is 11.8 Å². The van der Waals surface area contributed by atoms with Crippen LogP contribution in [0.5, 0.6) is 0 Å². The number of nitrogens with zero attached hydrogens (tertiary/aromatic N) is 1. The molecule has 6 heteroatoms. The molecule has 0 bridgehead atoms. The van der Waals surface area contributed by atoms with Crippen LogP contribution in [-0.2, 0) is 4.79 Å². The summed E-state index contributed by atoms with van der Waals surface area (Å²) in [6, 6.07) is 5.03. The van der Waals surface area contributed by atoms with Gasteiger partial charge in [0.2, 0.25) is 0 Å². The van der Waals surface area contributed by atoms with Gasteiger partial charge in [-0.3, -0.25) is 9.69 Å². The van der Waals surface area contributed by atoms with Crippen LogP contribution in [0.2, 0.25) is 10.0 Å². The summed E-state index contributed by atoms with van der Waals surface area (Å²) in [5.41, 5.74) is 0. The van der Waals surface area contributed by atoms with Gasteiger partial charge in [0.1, 0.15) is 6.04 Å². The lowest BCUT2D eigenvalue weighted by atomic mass is 9.91. The number of rotatable bonds is 5. The Morgan fingerprint density at radius 1 is 1.48 bits per heavy atom. The lowest BCUT2D eigenvalue weighted by Gasteiger charge is -2.37. The number of hydrogen-bond donors (Lipinski definition) is 1. The van der Waals surface area contributed by atoms with Crippen molar-refractivity contribution < 1.29 is 9.90 Å². The molecule has 2 atom stereocenters. The first-order chi connectivity index (χ1) is 9.99. The number of halogens is 2. The zero-order valence-electron chi connectivity index (χ0n) is 11.9. The van der Waals surface area contributed by atoms with Crippen molar-refractivity contribution in [1.29, 1.82) is 0 Å². The van der Waals surface area contributed by atoms with Gasteiger partial charge in [-0.05, 0) is 43.5 Å². The number of benzene rings is 1. The standard InChI is InChI=1S/C15H19Cl2NO2S/c1-10-3-2-6-18(14(10)15(19)20)7-8-21-13-9-11(16)4-5-12(13)17/h4-5,9-10,14H,2-3,6-8H2,1H3,(H,19,20). The zero-order valence-corrected chi connectivity index (χ0v) is 14.2. The monoisotopic (exact) mass is 347 g/mol. The van der Waals surface area contributed by atoms with Crippen LogP contribution in [0, 0.1) is 5.92 Å². The van der Waals surface area contributed by atoms with Crippen molar-refractivity contribution in [1.82, 2.24) is 4.90 Å². The van der Waals surface area contributed by atoms with Gasteiger partial charge >= 0.3 is 5.97 Å². The fourth-order valence-electron chi connectivity index (χ4n) is 2.78. The molecule has 1 fully saturated rings. The largest absolute Gasteiger partial charge is 0.480 e. The molecule has 1 saturated heterocycles. The second kappa shape index (κ2) is 7.73. The smallest absolute Gasteiger partial charge is 0.321 e. The molecule has 1 aromatic carbocycles. The highest BCUT2D eigenvalue weighted by molar-refractivity contribution is 7.99. The Bertz CT molecular complexity index is 512. The van der Waals surface area contributed by atoms with Crippen LogP contribution in [-0.4, -0.2) is 40.9 Å². The molecule has 1 aromatic rings. The topological polar surface area (TPSA) is 40.5 Å². The fourth-order valence-corrected chi connectivity index (χ4v) is 4.26. The van der Waals surface area contributed by atoms with Crippen molar-refractivity contribution in [3.63, 3.8) is 0 Å². The minimum Gasteiger partial charge on any atom is -0.480 e. The number of carboxylic acids is 1. The van der Waals surface area contributed by atoms with Crippen LogP contribution < -0.4 is 0 Å². The predicted octanol–water partition coefficient (Wildman–Crippen LogP) is 4.27. The second-order valence-corrected chi connectivity index (χ2v) is 7.34. The summed E-state index contributed by atoms with van der Waals surface area (Å²) in [4.78, 5) is 14.4. The molecule has 1 N–H and O–H groups in total. The van der Waals surface area contributed by atoms with E-state index in [-0.39, 0.29) is 12.0 Å². The molecule has 1 aliphatic rings. The molecule has 0 amide bonds. The fraction of sp³-hybridized carbons (Fsp3) is 0.533. The Morgan fingerprint density at radius 3 is 2.95 bits per heavy atom. The predicted molar refractivity (Wildman–Crippen MR) is 88.6 cm³/mol. The third-order valence-electron chi connectivity index (χ3n) is 3.82. The first-order valence-electron chi connectivity index (χ1n) is 7.03. The van der Waals surface area contributed by atoms with Gasteiger partial charge in [-0.1, -0.05) is 30.1 Å². The van der Waals surface area contributed by atoms with Crippen LogP contribution in [0.15, 0.2) is 23.1 Å². The normalized spacial score (nSPS) is 23.2. The van der Waals surface area contributed by atoms with E-state index in [1.165, 1.54) is 0 Å². The van der Waals surface area contributed by atoms with E-state index in [1.54, 1.807) is 23.9 Å². The Labute approximate surface area is 139 Å². The van der Waals surface area contributed by atoms with Gasteiger partial charge in [0.05, 0.1) is 5.02 Å². The first-order valence-corrected chi connectivity index (χ1v) is 8.78. The number of piperidine rings is 1. The maximum atomic E-state index is 11.4. The molecule has 0 saturated carbocycles.